The number of aromatic nitrogens is 4. The van der Waals surface area contributed by atoms with E-state index in [0.29, 0.717) is 18.9 Å². The molecule has 1 aliphatic rings. The number of nitrogens with zero attached hydrogens (tertiary/aromatic N) is 4. The fourth-order valence-electron chi connectivity index (χ4n) is 4.76. The highest BCUT2D eigenvalue weighted by atomic mass is 35.5. The van der Waals surface area contributed by atoms with Crippen molar-refractivity contribution in [2.45, 2.75) is 38.6 Å². The number of imidazole rings is 1. The number of halogens is 1. The molecule has 1 aliphatic heterocycles. The average Bonchev–Trinajstić information content (AvgIpc) is 3.47. The second kappa shape index (κ2) is 9.57. The van der Waals surface area contributed by atoms with Crippen molar-refractivity contribution in [3.63, 3.8) is 0 Å². The predicted molar refractivity (Wildman–Crippen MR) is 129 cm³/mol. The van der Waals surface area contributed by atoms with E-state index >= 15 is 0 Å². The van der Waals surface area contributed by atoms with Gasteiger partial charge in [-0.1, -0.05) is 18.2 Å². The van der Waals surface area contributed by atoms with Gasteiger partial charge in [-0.2, -0.15) is 0 Å². The zero-order chi connectivity index (χ0) is 21.2. The topological polar surface area (TPSA) is 66.8 Å². The smallest absolute Gasteiger partial charge is 0.224 e. The first-order valence-corrected chi connectivity index (χ1v) is 11.0. The Labute approximate surface area is 194 Å². The van der Waals surface area contributed by atoms with Crippen LogP contribution >= 0.6 is 12.4 Å². The van der Waals surface area contributed by atoms with Crippen LogP contribution in [-0.4, -0.2) is 43.4 Å². The molecular weight excluding hydrogens is 422 g/mol. The predicted octanol–water partition coefficient (Wildman–Crippen LogP) is 4.95. The molecule has 0 radical (unpaired) electrons. The zero-order valence-corrected chi connectivity index (χ0v) is 19.0. The fraction of sp³-hybridized carbons (Fsp3) is 0.320. The van der Waals surface area contributed by atoms with Crippen molar-refractivity contribution < 1.29 is 4.79 Å². The first-order chi connectivity index (χ1) is 15.2. The first-order valence-electron chi connectivity index (χ1n) is 11.0. The summed E-state index contributed by atoms with van der Waals surface area (Å²) in [5.74, 6) is 0.511. The Kier molecular flexibility index (Phi) is 6.61. The molecule has 5 rings (SSSR count). The van der Waals surface area contributed by atoms with Gasteiger partial charge in [0.2, 0.25) is 5.91 Å². The highest BCUT2D eigenvalue weighted by Gasteiger charge is 2.28. The number of hydrogen-bond donors (Lipinski definition) is 1. The number of rotatable bonds is 5. The third-order valence-electron chi connectivity index (χ3n) is 6.37. The summed E-state index contributed by atoms with van der Waals surface area (Å²) in [6.45, 7) is 4.41. The second-order valence-corrected chi connectivity index (χ2v) is 8.38. The lowest BCUT2D eigenvalue weighted by Crippen LogP contribution is -2.39. The molecule has 6 nitrogen and oxygen atoms in total. The summed E-state index contributed by atoms with van der Waals surface area (Å²) in [7, 11) is 0. The molecule has 32 heavy (non-hydrogen) atoms. The minimum atomic E-state index is 0. The number of fused-ring (bicyclic) bond motifs is 1. The molecule has 1 aromatic carbocycles. The van der Waals surface area contributed by atoms with Gasteiger partial charge in [-0.15, -0.1) is 12.4 Å². The summed E-state index contributed by atoms with van der Waals surface area (Å²) in [5, 5.41) is 1.24. The van der Waals surface area contributed by atoms with Crippen LogP contribution in [0.1, 0.15) is 36.4 Å². The van der Waals surface area contributed by atoms with E-state index in [1.165, 1.54) is 33.3 Å². The highest BCUT2D eigenvalue weighted by Crippen LogP contribution is 2.40. The number of pyridine rings is 1. The van der Waals surface area contributed by atoms with Crippen molar-refractivity contribution in [1.29, 1.82) is 0 Å². The summed E-state index contributed by atoms with van der Waals surface area (Å²) in [6, 6.07) is 10.6. The van der Waals surface area contributed by atoms with Crippen molar-refractivity contribution >= 4 is 29.2 Å². The SMILES string of the molecule is Cc1cccc2c(-c3ccncc3)c(C3CCCN(C(=O)CCn4ccnc4)C3)[nH]c12.Cl. The molecule has 1 atom stereocenters. The fourth-order valence-corrected chi connectivity index (χ4v) is 4.76. The molecule has 3 aromatic heterocycles. The number of piperidine rings is 1. The Morgan fingerprint density at radius 1 is 1.16 bits per heavy atom. The van der Waals surface area contributed by atoms with E-state index in [1.54, 1.807) is 12.5 Å². The molecular formula is C25H28ClN5O. The molecule has 0 spiro atoms. The third kappa shape index (κ3) is 4.28. The summed E-state index contributed by atoms with van der Waals surface area (Å²) >= 11 is 0. The Morgan fingerprint density at radius 3 is 2.78 bits per heavy atom. The number of amides is 1. The number of carbonyl (C=O) groups is 1. The van der Waals surface area contributed by atoms with E-state index in [0.717, 1.165) is 25.9 Å². The van der Waals surface area contributed by atoms with Crippen molar-refractivity contribution in [3.8, 4) is 11.1 Å². The van der Waals surface area contributed by atoms with Crippen molar-refractivity contribution in [1.82, 2.24) is 24.4 Å². The number of para-hydroxylation sites is 1. The first kappa shape index (κ1) is 22.1. The van der Waals surface area contributed by atoms with Gasteiger partial charge in [0.15, 0.2) is 0 Å². The van der Waals surface area contributed by atoms with Crippen LogP contribution in [0.2, 0.25) is 0 Å². The molecule has 0 aliphatic carbocycles. The second-order valence-electron chi connectivity index (χ2n) is 8.38. The molecule has 4 heterocycles. The number of nitrogens with one attached hydrogen (secondary N) is 1. The average molecular weight is 450 g/mol. The zero-order valence-electron chi connectivity index (χ0n) is 18.2. The van der Waals surface area contributed by atoms with E-state index in [2.05, 4.69) is 52.2 Å². The lowest BCUT2D eigenvalue weighted by Gasteiger charge is -2.33. The van der Waals surface area contributed by atoms with Crippen LogP contribution in [0, 0.1) is 6.92 Å². The lowest BCUT2D eigenvalue weighted by atomic mass is 9.89. The normalized spacial score (nSPS) is 16.2. The van der Waals surface area contributed by atoms with Gasteiger partial charge >= 0.3 is 0 Å². The van der Waals surface area contributed by atoms with E-state index in [-0.39, 0.29) is 18.3 Å². The van der Waals surface area contributed by atoms with Crippen LogP contribution in [0.25, 0.3) is 22.0 Å². The van der Waals surface area contributed by atoms with Gasteiger partial charge in [-0.3, -0.25) is 9.78 Å². The maximum atomic E-state index is 12.9. The summed E-state index contributed by atoms with van der Waals surface area (Å²) in [6.07, 6.45) is 11.7. The van der Waals surface area contributed by atoms with Crippen LogP contribution in [0.15, 0.2) is 61.4 Å². The number of H-pyrrole nitrogens is 1. The molecule has 1 fully saturated rings. The van der Waals surface area contributed by atoms with E-state index in [4.69, 9.17) is 0 Å². The number of likely N-dealkylation sites (tertiary alicyclic amines) is 1. The molecule has 0 saturated carbocycles. The molecule has 1 amide bonds. The maximum absolute atomic E-state index is 12.9. The highest BCUT2D eigenvalue weighted by molar-refractivity contribution is 5.99. The van der Waals surface area contributed by atoms with Gasteiger partial charge in [0.05, 0.1) is 6.33 Å². The number of benzene rings is 1. The van der Waals surface area contributed by atoms with Crippen LogP contribution < -0.4 is 0 Å². The number of hydrogen-bond acceptors (Lipinski definition) is 3. The molecule has 0 bridgehead atoms. The van der Waals surface area contributed by atoms with Crippen LogP contribution in [0.4, 0.5) is 0 Å². The molecule has 1 saturated heterocycles. The third-order valence-corrected chi connectivity index (χ3v) is 6.37. The van der Waals surface area contributed by atoms with Gasteiger partial charge < -0.3 is 14.5 Å². The number of aromatic amines is 1. The largest absolute Gasteiger partial charge is 0.357 e. The molecule has 1 unspecified atom stereocenters. The Balaban J connectivity index is 0.00000245. The van der Waals surface area contributed by atoms with Crippen molar-refractivity contribution in [3.05, 3.63) is 72.7 Å². The molecule has 166 valence electrons. The Bertz CT molecular complexity index is 1190. The van der Waals surface area contributed by atoms with Gasteiger partial charge in [0.25, 0.3) is 0 Å². The number of carbonyl (C=O) groups excluding carboxylic acids is 1. The minimum absolute atomic E-state index is 0. The van der Waals surface area contributed by atoms with Crippen molar-refractivity contribution in [2.75, 3.05) is 13.1 Å². The van der Waals surface area contributed by atoms with Gasteiger partial charge in [-0.05, 0) is 43.0 Å². The molecule has 4 aromatic rings. The van der Waals surface area contributed by atoms with Gasteiger partial charge in [0, 0.05) is 78.9 Å². The summed E-state index contributed by atoms with van der Waals surface area (Å²) in [5.41, 5.74) is 6.09. The number of aryl methyl sites for hydroxylation is 2. The molecule has 1 N–H and O–H groups in total. The van der Waals surface area contributed by atoms with E-state index in [1.807, 2.05) is 28.1 Å². The standard InChI is InChI=1S/C25H27N5O.ClH/c1-18-4-2-6-21-23(19-7-10-26-11-8-19)25(28-24(18)21)20-5-3-13-30(16-20)22(31)9-14-29-15-12-27-17-29;/h2,4,6-8,10-12,15,17,20,28H,3,5,9,13-14,16H2,1H3;1H. The molecule has 7 heteroatoms. The maximum Gasteiger partial charge on any atom is 0.224 e. The Morgan fingerprint density at radius 2 is 2.00 bits per heavy atom. The quantitative estimate of drug-likeness (QED) is 0.468. The summed E-state index contributed by atoms with van der Waals surface area (Å²) < 4.78 is 1.96. The van der Waals surface area contributed by atoms with Crippen LogP contribution in [0.3, 0.4) is 0 Å². The summed E-state index contributed by atoms with van der Waals surface area (Å²) in [4.78, 5) is 27.0. The van der Waals surface area contributed by atoms with E-state index < -0.39 is 0 Å². The van der Waals surface area contributed by atoms with E-state index in [9.17, 15) is 4.79 Å². The van der Waals surface area contributed by atoms with Gasteiger partial charge in [0.1, 0.15) is 0 Å². The monoisotopic (exact) mass is 449 g/mol. The Hall–Kier alpha value is -3.12. The van der Waals surface area contributed by atoms with Crippen molar-refractivity contribution in [2.24, 2.45) is 0 Å². The van der Waals surface area contributed by atoms with Crippen LogP contribution in [0.5, 0.6) is 0 Å². The minimum Gasteiger partial charge on any atom is -0.357 e. The lowest BCUT2D eigenvalue weighted by molar-refractivity contribution is -0.132. The van der Waals surface area contributed by atoms with Crippen LogP contribution in [-0.2, 0) is 11.3 Å². The van der Waals surface area contributed by atoms with Gasteiger partial charge in [-0.25, -0.2) is 4.98 Å².